The minimum absolute atomic E-state index is 0.122. The van der Waals surface area contributed by atoms with Crippen LogP contribution < -0.4 is 5.32 Å². The summed E-state index contributed by atoms with van der Waals surface area (Å²) in [5, 5.41) is 3.71. The number of rotatable bonds is 1. The highest BCUT2D eigenvalue weighted by molar-refractivity contribution is 7.77. The van der Waals surface area contributed by atoms with Gasteiger partial charge < -0.3 is 5.32 Å². The Morgan fingerprint density at radius 3 is 1.75 bits per heavy atom. The molecule has 0 saturated carbocycles. The molecule has 16 heavy (non-hydrogen) atoms. The maximum Gasteiger partial charge on any atom is 0.0240 e. The molecule has 3 heteroatoms. The van der Waals surface area contributed by atoms with E-state index in [1.807, 2.05) is 0 Å². The molecule has 1 fully saturated rings. The second-order valence-corrected chi connectivity index (χ2v) is 7.90. The summed E-state index contributed by atoms with van der Waals surface area (Å²) in [6.07, 6.45) is 2.30. The van der Waals surface area contributed by atoms with Crippen LogP contribution in [0.15, 0.2) is 0 Å². The van der Waals surface area contributed by atoms with Gasteiger partial charge in [0, 0.05) is 22.7 Å². The molecule has 1 rings (SSSR count). The lowest BCUT2D eigenvalue weighted by molar-refractivity contribution is 0.0809. The van der Waals surface area contributed by atoms with E-state index in [1.165, 1.54) is 0 Å². The minimum atomic E-state index is 0.122. The molecule has 0 aromatic heterocycles. The maximum absolute atomic E-state index is 4.71. The van der Waals surface area contributed by atoms with Crippen molar-refractivity contribution in [3.63, 3.8) is 0 Å². The van der Waals surface area contributed by atoms with E-state index in [-0.39, 0.29) is 16.6 Å². The van der Waals surface area contributed by atoms with Crippen LogP contribution in [0.1, 0.15) is 61.3 Å². The Morgan fingerprint density at radius 2 is 1.44 bits per heavy atom. The van der Waals surface area contributed by atoms with E-state index < -0.39 is 0 Å². The third-order valence-electron chi connectivity index (χ3n) is 3.20. The predicted octanol–water partition coefficient (Wildman–Crippen LogP) is 3.24. The highest BCUT2D eigenvalue weighted by Gasteiger charge is 2.41. The van der Waals surface area contributed by atoms with E-state index in [0.29, 0.717) is 6.04 Å². The van der Waals surface area contributed by atoms with Gasteiger partial charge in [-0.1, -0.05) is 12.8 Å². The summed E-state index contributed by atoms with van der Waals surface area (Å²) in [5.41, 5.74) is 0.509. The molecule has 0 amide bonds. The van der Waals surface area contributed by atoms with Crippen LogP contribution in [-0.2, 0) is 0 Å². The molecule has 0 bridgehead atoms. The van der Waals surface area contributed by atoms with Crippen LogP contribution in [0.25, 0.3) is 0 Å². The van der Waals surface area contributed by atoms with Gasteiger partial charge in [-0.05, 0) is 61.3 Å². The summed E-state index contributed by atoms with van der Waals surface area (Å²) < 4.78 is 2.23. The molecule has 0 aliphatic carbocycles. The van der Waals surface area contributed by atoms with Crippen molar-refractivity contribution in [1.29, 1.82) is 0 Å². The number of hydrogen-bond donors (Lipinski definition) is 2. The van der Waals surface area contributed by atoms with E-state index in [1.54, 1.807) is 0 Å². The van der Waals surface area contributed by atoms with Gasteiger partial charge in [0.1, 0.15) is 0 Å². The van der Waals surface area contributed by atoms with Crippen molar-refractivity contribution >= 4 is 12.8 Å². The van der Waals surface area contributed by atoms with E-state index in [0.717, 1.165) is 12.8 Å². The quantitative estimate of drug-likeness (QED) is 0.689. The molecule has 1 aliphatic rings. The van der Waals surface area contributed by atoms with Gasteiger partial charge in [0.2, 0.25) is 0 Å². The van der Waals surface area contributed by atoms with E-state index in [4.69, 9.17) is 12.8 Å². The molecule has 0 spiro atoms. The van der Waals surface area contributed by atoms with Gasteiger partial charge in [-0.25, -0.2) is 4.31 Å². The van der Waals surface area contributed by atoms with Gasteiger partial charge in [0.15, 0.2) is 0 Å². The highest BCUT2D eigenvalue weighted by Crippen LogP contribution is 2.35. The molecular weight excluding hydrogens is 216 g/mol. The van der Waals surface area contributed by atoms with Crippen molar-refractivity contribution in [2.45, 2.75) is 84.0 Å². The van der Waals surface area contributed by atoms with Crippen molar-refractivity contribution in [3.05, 3.63) is 0 Å². The summed E-state index contributed by atoms with van der Waals surface area (Å²) in [5.74, 6) is 0. The lowest BCUT2D eigenvalue weighted by Crippen LogP contribution is -2.62. The van der Waals surface area contributed by atoms with Crippen LogP contribution in [-0.4, -0.2) is 27.0 Å². The van der Waals surface area contributed by atoms with Crippen LogP contribution in [0.3, 0.4) is 0 Å². The SMILES string of the molecule is CC1(C)CC(N(S)C(C)(C)C)CC(C)(C)N1. The van der Waals surface area contributed by atoms with Gasteiger partial charge in [-0.2, -0.15) is 0 Å². The molecule has 2 nitrogen and oxygen atoms in total. The molecule has 0 aromatic rings. The third kappa shape index (κ3) is 3.64. The number of nitrogens with zero attached hydrogens (tertiary/aromatic N) is 1. The zero-order valence-corrected chi connectivity index (χ0v) is 12.8. The smallest absolute Gasteiger partial charge is 0.0240 e. The molecule has 0 aromatic carbocycles. The number of nitrogens with one attached hydrogen (secondary N) is 1. The fourth-order valence-corrected chi connectivity index (χ4v) is 3.15. The molecule has 0 atom stereocenters. The average Bonchev–Trinajstić information content (AvgIpc) is 1.94. The van der Waals surface area contributed by atoms with Crippen LogP contribution in [0.2, 0.25) is 0 Å². The standard InChI is InChI=1S/C13H28N2S/c1-11(2,3)15(16)10-8-12(4,5)14-13(6,7)9-10/h10,14,16H,8-9H2,1-7H3. The van der Waals surface area contributed by atoms with Crippen LogP contribution in [0.5, 0.6) is 0 Å². The Hall–Kier alpha value is 0.270. The second-order valence-electron chi connectivity index (χ2n) is 7.47. The van der Waals surface area contributed by atoms with E-state index in [9.17, 15) is 0 Å². The van der Waals surface area contributed by atoms with Crippen molar-refractivity contribution in [2.24, 2.45) is 0 Å². The summed E-state index contributed by atoms with van der Waals surface area (Å²) in [6, 6.07) is 0.537. The van der Waals surface area contributed by atoms with Crippen molar-refractivity contribution in [1.82, 2.24) is 9.62 Å². The molecule has 0 unspecified atom stereocenters. The van der Waals surface area contributed by atoms with E-state index >= 15 is 0 Å². The molecule has 0 radical (unpaired) electrons. The van der Waals surface area contributed by atoms with Crippen molar-refractivity contribution in [3.8, 4) is 0 Å². The maximum atomic E-state index is 4.71. The first kappa shape index (κ1) is 14.3. The van der Waals surface area contributed by atoms with Gasteiger partial charge >= 0.3 is 0 Å². The third-order valence-corrected chi connectivity index (χ3v) is 4.13. The second kappa shape index (κ2) is 4.18. The average molecular weight is 244 g/mol. The topological polar surface area (TPSA) is 15.3 Å². The summed E-state index contributed by atoms with van der Waals surface area (Å²) in [4.78, 5) is 0. The van der Waals surface area contributed by atoms with Crippen LogP contribution in [0, 0.1) is 0 Å². The largest absolute Gasteiger partial charge is 0.307 e. The lowest BCUT2D eigenvalue weighted by Gasteiger charge is -2.51. The summed E-state index contributed by atoms with van der Waals surface area (Å²) >= 11 is 4.71. The summed E-state index contributed by atoms with van der Waals surface area (Å²) in [7, 11) is 0. The fraction of sp³-hybridized carbons (Fsp3) is 1.00. The zero-order chi connectivity index (χ0) is 12.8. The normalized spacial score (nSPS) is 26.1. The Morgan fingerprint density at radius 1 is 1.06 bits per heavy atom. The molecule has 1 saturated heterocycles. The van der Waals surface area contributed by atoms with Gasteiger partial charge in [-0.15, -0.1) is 0 Å². The van der Waals surface area contributed by atoms with Crippen molar-refractivity contribution < 1.29 is 0 Å². The van der Waals surface area contributed by atoms with Gasteiger partial charge in [0.25, 0.3) is 0 Å². The monoisotopic (exact) mass is 244 g/mol. The fourth-order valence-electron chi connectivity index (χ4n) is 2.99. The highest BCUT2D eigenvalue weighted by atomic mass is 32.1. The lowest BCUT2D eigenvalue weighted by atomic mass is 9.79. The Bertz CT molecular complexity index is 237. The van der Waals surface area contributed by atoms with Crippen LogP contribution >= 0.6 is 12.8 Å². The van der Waals surface area contributed by atoms with Crippen molar-refractivity contribution in [2.75, 3.05) is 0 Å². The zero-order valence-electron chi connectivity index (χ0n) is 11.9. The van der Waals surface area contributed by atoms with Gasteiger partial charge in [-0.3, -0.25) is 0 Å². The molecular formula is C13H28N2S. The Kier molecular flexibility index (Phi) is 3.75. The molecule has 1 N–H and O–H groups in total. The Labute approximate surface area is 107 Å². The summed E-state index contributed by atoms with van der Waals surface area (Å²) in [6.45, 7) is 15.8. The first-order valence-corrected chi connectivity index (χ1v) is 6.61. The van der Waals surface area contributed by atoms with Crippen LogP contribution in [0.4, 0.5) is 0 Å². The molecule has 1 aliphatic heterocycles. The minimum Gasteiger partial charge on any atom is -0.307 e. The number of thiol groups is 1. The number of piperidine rings is 1. The molecule has 96 valence electrons. The van der Waals surface area contributed by atoms with Gasteiger partial charge in [0.05, 0.1) is 0 Å². The Balaban J connectivity index is 2.83. The predicted molar refractivity (Wildman–Crippen MR) is 74.9 cm³/mol. The first-order valence-electron chi connectivity index (χ1n) is 6.21. The number of hydrogen-bond acceptors (Lipinski definition) is 3. The first-order chi connectivity index (χ1) is 6.93. The molecule has 1 heterocycles. The van der Waals surface area contributed by atoms with E-state index in [2.05, 4.69) is 58.1 Å².